The molecule has 0 atom stereocenters. The van der Waals surface area contributed by atoms with Crippen molar-refractivity contribution in [2.45, 2.75) is 25.9 Å². The minimum Gasteiger partial charge on any atom is -0.348 e. The van der Waals surface area contributed by atoms with E-state index in [9.17, 15) is 18.0 Å². The van der Waals surface area contributed by atoms with Crippen LogP contribution < -0.4 is 5.32 Å². The van der Waals surface area contributed by atoms with E-state index in [1.54, 1.807) is 0 Å². The molecule has 70 valence electrons. The molecule has 5 heteroatoms. The summed E-state index contributed by atoms with van der Waals surface area (Å²) >= 11 is 0. The zero-order valence-corrected chi connectivity index (χ0v) is 6.66. The Morgan fingerprint density at radius 1 is 1.50 bits per heavy atom. The quantitative estimate of drug-likeness (QED) is 0.686. The maximum Gasteiger partial charge on any atom is 0.471 e. The van der Waals surface area contributed by atoms with E-state index in [1.165, 1.54) is 0 Å². The Kier molecular flexibility index (Phi) is 2.06. The Morgan fingerprint density at radius 2 is 2.00 bits per heavy atom. The summed E-state index contributed by atoms with van der Waals surface area (Å²) < 4.78 is 34.9. The minimum atomic E-state index is -4.74. The summed E-state index contributed by atoms with van der Waals surface area (Å²) in [4.78, 5) is 10.3. The van der Waals surface area contributed by atoms with Crippen LogP contribution in [0.1, 0.15) is 19.8 Å². The van der Waals surface area contributed by atoms with Crippen molar-refractivity contribution in [2.24, 2.45) is 5.41 Å². The number of carbonyl (C=O) groups is 1. The largest absolute Gasteiger partial charge is 0.471 e. The maximum absolute atomic E-state index is 11.6. The van der Waals surface area contributed by atoms with Gasteiger partial charge in [-0.1, -0.05) is 6.92 Å². The second-order valence-electron chi connectivity index (χ2n) is 3.49. The van der Waals surface area contributed by atoms with Crippen LogP contribution in [0, 0.1) is 5.41 Å². The van der Waals surface area contributed by atoms with Crippen LogP contribution in [0.2, 0.25) is 0 Å². The molecule has 12 heavy (non-hydrogen) atoms. The Balaban J connectivity index is 2.28. The topological polar surface area (TPSA) is 29.1 Å². The fourth-order valence-corrected chi connectivity index (χ4v) is 0.784. The smallest absolute Gasteiger partial charge is 0.348 e. The highest BCUT2D eigenvalue weighted by Crippen LogP contribution is 2.44. The average Bonchev–Trinajstić information content (AvgIpc) is 2.62. The molecule has 1 aliphatic carbocycles. The molecule has 1 amide bonds. The van der Waals surface area contributed by atoms with Gasteiger partial charge in [-0.05, 0) is 18.3 Å². The van der Waals surface area contributed by atoms with Gasteiger partial charge in [0, 0.05) is 6.54 Å². The maximum atomic E-state index is 11.6. The Bertz CT molecular complexity index is 195. The summed E-state index contributed by atoms with van der Waals surface area (Å²) in [6.07, 6.45) is -2.96. The van der Waals surface area contributed by atoms with Gasteiger partial charge in [0.05, 0.1) is 0 Å². The monoisotopic (exact) mass is 181 g/mol. The first-order valence-corrected chi connectivity index (χ1v) is 3.69. The summed E-state index contributed by atoms with van der Waals surface area (Å²) in [5, 5.41) is 1.86. The molecule has 0 aromatic carbocycles. The van der Waals surface area contributed by atoms with Gasteiger partial charge < -0.3 is 5.32 Å². The van der Waals surface area contributed by atoms with Crippen LogP contribution in [0.25, 0.3) is 0 Å². The molecule has 0 aliphatic heterocycles. The molecule has 1 fully saturated rings. The highest BCUT2D eigenvalue weighted by molar-refractivity contribution is 5.81. The Morgan fingerprint density at radius 3 is 2.33 bits per heavy atom. The molecule has 0 radical (unpaired) electrons. The van der Waals surface area contributed by atoms with Gasteiger partial charge in [0.1, 0.15) is 0 Å². The lowest BCUT2D eigenvalue weighted by atomic mass is 10.1. The zero-order valence-electron chi connectivity index (χ0n) is 6.66. The molecule has 2 nitrogen and oxygen atoms in total. The molecule has 1 saturated carbocycles. The lowest BCUT2D eigenvalue weighted by Crippen LogP contribution is -2.39. The SMILES string of the molecule is CC1(CNC(=O)C(F)(F)F)CC1. The Labute approximate surface area is 68.1 Å². The average molecular weight is 181 g/mol. The van der Waals surface area contributed by atoms with Gasteiger partial charge in [0.25, 0.3) is 0 Å². The number of rotatable bonds is 2. The number of nitrogens with one attached hydrogen (secondary N) is 1. The van der Waals surface area contributed by atoms with Gasteiger partial charge in [-0.3, -0.25) is 4.79 Å². The van der Waals surface area contributed by atoms with E-state index < -0.39 is 12.1 Å². The van der Waals surface area contributed by atoms with Gasteiger partial charge in [-0.15, -0.1) is 0 Å². The van der Waals surface area contributed by atoms with Crippen molar-refractivity contribution >= 4 is 5.91 Å². The van der Waals surface area contributed by atoms with Gasteiger partial charge in [0.15, 0.2) is 0 Å². The van der Waals surface area contributed by atoms with Crippen LogP contribution >= 0.6 is 0 Å². The first-order valence-electron chi connectivity index (χ1n) is 3.69. The van der Waals surface area contributed by atoms with E-state index in [4.69, 9.17) is 0 Å². The minimum absolute atomic E-state index is 0.0824. The summed E-state index contributed by atoms with van der Waals surface area (Å²) in [7, 11) is 0. The highest BCUT2D eigenvalue weighted by atomic mass is 19.4. The van der Waals surface area contributed by atoms with Crippen molar-refractivity contribution in [1.29, 1.82) is 0 Å². The number of amides is 1. The van der Waals surface area contributed by atoms with Crippen LogP contribution in [0.5, 0.6) is 0 Å². The predicted molar refractivity (Wildman–Crippen MR) is 36.4 cm³/mol. The van der Waals surface area contributed by atoms with Gasteiger partial charge in [-0.25, -0.2) is 0 Å². The molecule has 0 aromatic rings. The zero-order chi connectivity index (χ0) is 9.41. The van der Waals surface area contributed by atoms with Crippen LogP contribution in [-0.4, -0.2) is 18.6 Å². The molecule has 0 heterocycles. The fraction of sp³-hybridized carbons (Fsp3) is 0.857. The predicted octanol–water partition coefficient (Wildman–Crippen LogP) is 1.47. The molecule has 0 bridgehead atoms. The van der Waals surface area contributed by atoms with Gasteiger partial charge >= 0.3 is 12.1 Å². The third kappa shape index (κ3) is 2.39. The first-order chi connectivity index (χ1) is 5.33. The number of hydrogen-bond acceptors (Lipinski definition) is 1. The van der Waals surface area contributed by atoms with E-state index in [1.807, 2.05) is 12.2 Å². The Hall–Kier alpha value is -0.740. The number of alkyl halides is 3. The second kappa shape index (κ2) is 2.64. The van der Waals surface area contributed by atoms with E-state index in [-0.39, 0.29) is 12.0 Å². The summed E-state index contributed by atoms with van der Waals surface area (Å²) in [5.41, 5.74) is -0.0824. The number of hydrogen-bond donors (Lipinski definition) is 1. The van der Waals surface area contributed by atoms with Crippen molar-refractivity contribution in [3.05, 3.63) is 0 Å². The van der Waals surface area contributed by atoms with Crippen LogP contribution in [-0.2, 0) is 4.79 Å². The third-order valence-corrected chi connectivity index (χ3v) is 2.04. The normalized spacial score (nSPS) is 20.3. The van der Waals surface area contributed by atoms with Crippen LogP contribution in [0.3, 0.4) is 0 Å². The van der Waals surface area contributed by atoms with Crippen molar-refractivity contribution in [3.63, 3.8) is 0 Å². The summed E-state index contributed by atoms with van der Waals surface area (Å²) in [6, 6.07) is 0. The molecule has 0 aromatic heterocycles. The van der Waals surface area contributed by atoms with E-state index in [0.717, 1.165) is 12.8 Å². The molecule has 0 unspecified atom stereocenters. The third-order valence-electron chi connectivity index (χ3n) is 2.04. The second-order valence-corrected chi connectivity index (χ2v) is 3.49. The summed E-state index contributed by atoms with van der Waals surface area (Å²) in [5.74, 6) is -1.84. The molecular formula is C7H10F3NO. The lowest BCUT2D eigenvalue weighted by molar-refractivity contribution is -0.173. The first kappa shape index (κ1) is 9.35. The van der Waals surface area contributed by atoms with Crippen molar-refractivity contribution in [2.75, 3.05) is 6.54 Å². The molecule has 0 saturated heterocycles. The van der Waals surface area contributed by atoms with Crippen LogP contribution in [0.4, 0.5) is 13.2 Å². The molecular weight excluding hydrogens is 171 g/mol. The standard InChI is InChI=1S/C7H10F3NO/c1-6(2-3-6)4-11-5(12)7(8,9)10/h2-4H2,1H3,(H,11,12). The molecule has 1 N–H and O–H groups in total. The molecule has 1 aliphatic rings. The summed E-state index contributed by atoms with van der Waals surface area (Å²) in [6.45, 7) is 1.98. The van der Waals surface area contributed by atoms with Crippen molar-refractivity contribution in [3.8, 4) is 0 Å². The van der Waals surface area contributed by atoms with Gasteiger partial charge in [0.2, 0.25) is 0 Å². The van der Waals surface area contributed by atoms with E-state index >= 15 is 0 Å². The lowest BCUT2D eigenvalue weighted by Gasteiger charge is -2.11. The molecule has 0 spiro atoms. The van der Waals surface area contributed by atoms with E-state index in [0.29, 0.717) is 0 Å². The van der Waals surface area contributed by atoms with Gasteiger partial charge in [-0.2, -0.15) is 13.2 Å². The van der Waals surface area contributed by atoms with E-state index in [2.05, 4.69) is 0 Å². The number of carbonyl (C=O) groups excluding carboxylic acids is 1. The van der Waals surface area contributed by atoms with Crippen molar-refractivity contribution < 1.29 is 18.0 Å². The highest BCUT2D eigenvalue weighted by Gasteiger charge is 2.42. The van der Waals surface area contributed by atoms with Crippen molar-refractivity contribution in [1.82, 2.24) is 5.32 Å². The number of halogens is 3. The van der Waals surface area contributed by atoms with Crippen LogP contribution in [0.15, 0.2) is 0 Å². The fourth-order valence-electron chi connectivity index (χ4n) is 0.784. The molecule has 1 rings (SSSR count).